The van der Waals surface area contributed by atoms with Gasteiger partial charge in [0, 0.05) is 42.6 Å². The van der Waals surface area contributed by atoms with Crippen molar-refractivity contribution in [3.63, 3.8) is 0 Å². The molecule has 0 bridgehead atoms. The summed E-state index contributed by atoms with van der Waals surface area (Å²) in [6, 6.07) is 11.5. The van der Waals surface area contributed by atoms with E-state index in [1.165, 1.54) is 0 Å². The summed E-state index contributed by atoms with van der Waals surface area (Å²) < 4.78 is 7.55. The first kappa shape index (κ1) is 25.1. The Hall–Kier alpha value is -3.53. The molecule has 7 nitrogen and oxygen atoms in total. The fraction of sp³-hybridized carbons (Fsp3) is 0.444. The maximum Gasteiger partial charge on any atom is 0.262 e. The van der Waals surface area contributed by atoms with Crippen LogP contribution in [0.4, 0.5) is 0 Å². The summed E-state index contributed by atoms with van der Waals surface area (Å²) in [5, 5.41) is 12.6. The Kier molecular flexibility index (Phi) is 8.53. The quantitative estimate of drug-likeness (QED) is 0.478. The highest BCUT2D eigenvalue weighted by Gasteiger charge is 2.25. The van der Waals surface area contributed by atoms with Crippen LogP contribution >= 0.6 is 0 Å². The van der Waals surface area contributed by atoms with Crippen molar-refractivity contribution < 1.29 is 14.3 Å². The number of piperidine rings is 1. The summed E-state index contributed by atoms with van der Waals surface area (Å²) in [6.07, 6.45) is 4.31. The monoisotopic (exact) mass is 462 g/mol. The minimum Gasteiger partial charge on any atom is -0.496 e. The van der Waals surface area contributed by atoms with Crippen molar-refractivity contribution in [3.8, 4) is 11.8 Å². The topological polar surface area (TPSA) is 87.4 Å². The average Bonchev–Trinajstić information content (AvgIpc) is 3.10. The Morgan fingerprint density at radius 2 is 1.94 bits per heavy atom. The lowest BCUT2D eigenvalue weighted by atomic mass is 10.0. The first-order chi connectivity index (χ1) is 16.4. The number of methoxy groups -OCH3 is 1. The Morgan fingerprint density at radius 1 is 1.24 bits per heavy atom. The molecule has 1 aliphatic rings. The van der Waals surface area contributed by atoms with E-state index in [1.807, 2.05) is 49.1 Å². The van der Waals surface area contributed by atoms with Crippen LogP contribution in [0, 0.1) is 25.2 Å². The van der Waals surface area contributed by atoms with Gasteiger partial charge in [-0.2, -0.15) is 5.26 Å². The van der Waals surface area contributed by atoms with Gasteiger partial charge in [-0.3, -0.25) is 9.59 Å². The predicted octanol–water partition coefficient (Wildman–Crippen LogP) is 3.78. The summed E-state index contributed by atoms with van der Waals surface area (Å²) in [5.41, 5.74) is 4.04. The number of nitriles is 1. The number of aromatic nitrogens is 1. The number of para-hydroxylation sites is 1. The van der Waals surface area contributed by atoms with Gasteiger partial charge in [-0.15, -0.1) is 0 Å². The third-order valence-electron chi connectivity index (χ3n) is 6.44. The van der Waals surface area contributed by atoms with Crippen LogP contribution in [0.25, 0.3) is 6.08 Å². The summed E-state index contributed by atoms with van der Waals surface area (Å²) in [6.45, 7) is 8.23. The van der Waals surface area contributed by atoms with Gasteiger partial charge >= 0.3 is 0 Å². The molecule has 1 N–H and O–H groups in total. The first-order valence-electron chi connectivity index (χ1n) is 11.9. The van der Waals surface area contributed by atoms with Gasteiger partial charge < -0.3 is 19.5 Å². The maximum absolute atomic E-state index is 12.8. The normalized spacial score (nSPS) is 14.6. The number of hydrogen-bond acceptors (Lipinski definition) is 4. The number of benzene rings is 1. The van der Waals surface area contributed by atoms with Crippen molar-refractivity contribution in [3.05, 3.63) is 58.4 Å². The molecule has 3 rings (SSSR count). The lowest BCUT2D eigenvalue weighted by molar-refractivity contribution is -0.131. The third kappa shape index (κ3) is 5.88. The summed E-state index contributed by atoms with van der Waals surface area (Å²) in [4.78, 5) is 27.4. The third-order valence-corrected chi connectivity index (χ3v) is 6.44. The van der Waals surface area contributed by atoms with E-state index in [0.29, 0.717) is 38.1 Å². The summed E-state index contributed by atoms with van der Waals surface area (Å²) in [5.74, 6) is 0.403. The van der Waals surface area contributed by atoms with Gasteiger partial charge in [0.1, 0.15) is 17.4 Å². The van der Waals surface area contributed by atoms with Crippen LogP contribution in [0.3, 0.4) is 0 Å². The fourth-order valence-electron chi connectivity index (χ4n) is 4.51. The Labute approximate surface area is 202 Å². The summed E-state index contributed by atoms with van der Waals surface area (Å²) >= 11 is 0. The fourth-order valence-corrected chi connectivity index (χ4v) is 4.51. The van der Waals surface area contributed by atoms with Crippen LogP contribution < -0.4 is 10.1 Å². The lowest BCUT2D eigenvalue weighted by Crippen LogP contribution is -2.47. The molecule has 0 saturated carbocycles. The standard InChI is InChI=1S/C27H34N4O3/c1-5-12-31-19(2)15-22(20(31)3)16-23(18-28)27(33)29-24-10-13-30(14-11-24)26(32)17-21-8-6-7-9-25(21)34-4/h6-9,15-16,24H,5,10-14,17H2,1-4H3,(H,29,33)/b23-16+. The number of carbonyl (C=O) groups is 2. The highest BCUT2D eigenvalue weighted by Crippen LogP contribution is 2.21. The second kappa shape index (κ2) is 11.6. The zero-order chi connectivity index (χ0) is 24.7. The van der Waals surface area contributed by atoms with E-state index >= 15 is 0 Å². The first-order valence-corrected chi connectivity index (χ1v) is 11.9. The van der Waals surface area contributed by atoms with Crippen molar-refractivity contribution in [1.82, 2.24) is 14.8 Å². The van der Waals surface area contributed by atoms with E-state index in [1.54, 1.807) is 13.2 Å². The molecule has 1 saturated heterocycles. The van der Waals surface area contributed by atoms with Crippen LogP contribution in [0.1, 0.15) is 48.7 Å². The molecule has 1 aliphatic heterocycles. The number of nitrogens with one attached hydrogen (secondary N) is 1. The lowest BCUT2D eigenvalue weighted by Gasteiger charge is -2.32. The minimum absolute atomic E-state index is 0.0503. The van der Waals surface area contributed by atoms with Gasteiger partial charge in [0.15, 0.2) is 0 Å². The maximum atomic E-state index is 12.8. The van der Waals surface area contributed by atoms with Crippen molar-refractivity contribution in [2.45, 2.75) is 59.0 Å². The van der Waals surface area contributed by atoms with Gasteiger partial charge in [0.2, 0.25) is 5.91 Å². The van der Waals surface area contributed by atoms with Crippen LogP contribution in [0.2, 0.25) is 0 Å². The van der Waals surface area contributed by atoms with Gasteiger partial charge in [-0.05, 0) is 56.9 Å². The van der Waals surface area contributed by atoms with E-state index in [4.69, 9.17) is 4.74 Å². The van der Waals surface area contributed by atoms with E-state index in [9.17, 15) is 14.9 Å². The Balaban J connectivity index is 1.57. The van der Waals surface area contributed by atoms with Crippen LogP contribution in [0.5, 0.6) is 5.75 Å². The molecule has 180 valence electrons. The molecule has 0 spiro atoms. The molecule has 2 amide bonds. The average molecular weight is 463 g/mol. The number of likely N-dealkylation sites (tertiary alicyclic amines) is 1. The smallest absolute Gasteiger partial charge is 0.262 e. The number of aryl methyl sites for hydroxylation is 1. The second-order valence-corrected chi connectivity index (χ2v) is 8.77. The molecule has 7 heteroatoms. The van der Waals surface area contributed by atoms with Crippen molar-refractivity contribution >= 4 is 17.9 Å². The van der Waals surface area contributed by atoms with Gasteiger partial charge in [-0.1, -0.05) is 25.1 Å². The van der Waals surface area contributed by atoms with Gasteiger partial charge in [0.05, 0.1) is 13.5 Å². The molecular weight excluding hydrogens is 428 g/mol. The zero-order valence-corrected chi connectivity index (χ0v) is 20.6. The predicted molar refractivity (Wildman–Crippen MR) is 132 cm³/mol. The van der Waals surface area contributed by atoms with E-state index in [2.05, 4.69) is 22.9 Å². The van der Waals surface area contributed by atoms with E-state index < -0.39 is 0 Å². The van der Waals surface area contributed by atoms with Crippen LogP contribution in [-0.4, -0.2) is 47.5 Å². The van der Waals surface area contributed by atoms with E-state index in [0.717, 1.165) is 35.5 Å². The molecule has 0 atom stereocenters. The largest absolute Gasteiger partial charge is 0.496 e. The molecule has 2 aromatic rings. The molecular formula is C27H34N4O3. The van der Waals surface area contributed by atoms with Gasteiger partial charge in [0.25, 0.3) is 5.91 Å². The second-order valence-electron chi connectivity index (χ2n) is 8.77. The molecule has 1 aromatic carbocycles. The number of ether oxygens (including phenoxy) is 1. The number of carbonyl (C=O) groups excluding carboxylic acids is 2. The Bertz CT molecular complexity index is 1100. The molecule has 1 fully saturated rings. The van der Waals surface area contributed by atoms with Crippen molar-refractivity contribution in [2.24, 2.45) is 0 Å². The van der Waals surface area contributed by atoms with Crippen molar-refractivity contribution in [2.75, 3.05) is 20.2 Å². The Morgan fingerprint density at radius 3 is 2.59 bits per heavy atom. The minimum atomic E-state index is -0.360. The van der Waals surface area contributed by atoms with E-state index in [-0.39, 0.29) is 23.4 Å². The summed E-state index contributed by atoms with van der Waals surface area (Å²) in [7, 11) is 1.60. The highest BCUT2D eigenvalue weighted by atomic mass is 16.5. The van der Waals surface area contributed by atoms with Crippen molar-refractivity contribution in [1.29, 1.82) is 5.26 Å². The molecule has 0 radical (unpaired) electrons. The molecule has 34 heavy (non-hydrogen) atoms. The number of nitrogens with zero attached hydrogens (tertiary/aromatic N) is 3. The van der Waals surface area contributed by atoms with Gasteiger partial charge in [-0.25, -0.2) is 0 Å². The molecule has 2 heterocycles. The number of amides is 2. The zero-order valence-electron chi connectivity index (χ0n) is 20.6. The molecule has 1 aromatic heterocycles. The van der Waals surface area contributed by atoms with Crippen LogP contribution in [-0.2, 0) is 22.6 Å². The molecule has 0 unspecified atom stereocenters. The molecule has 0 aliphatic carbocycles. The highest BCUT2D eigenvalue weighted by molar-refractivity contribution is 6.02. The van der Waals surface area contributed by atoms with Crippen LogP contribution in [0.15, 0.2) is 35.9 Å². The SMILES string of the molecule is CCCn1c(C)cc(/C=C(\C#N)C(=O)NC2CCN(C(=O)Cc3ccccc3OC)CC2)c1C. The number of rotatable bonds is 8. The number of hydrogen-bond donors (Lipinski definition) is 1.